The fraction of sp³-hybridized carbons (Fsp3) is 0.133. The molecule has 4 N–H and O–H groups in total. The van der Waals surface area contributed by atoms with E-state index in [1.807, 2.05) is 24.3 Å². The zero-order valence-corrected chi connectivity index (χ0v) is 13.4. The average molecular weight is 367 g/mol. The van der Waals surface area contributed by atoms with Crippen LogP contribution >= 0.6 is 27.5 Å². The summed E-state index contributed by atoms with van der Waals surface area (Å²) in [6.07, 6.45) is 1.21. The van der Waals surface area contributed by atoms with Crippen molar-refractivity contribution in [3.8, 4) is 0 Å². The lowest BCUT2D eigenvalue weighted by molar-refractivity contribution is -0.116. The van der Waals surface area contributed by atoms with Gasteiger partial charge in [0.2, 0.25) is 5.91 Å². The monoisotopic (exact) mass is 365 g/mol. The van der Waals surface area contributed by atoms with Crippen molar-refractivity contribution in [2.75, 3.05) is 16.4 Å². The number of nitrogens with one attached hydrogen (secondary N) is 2. The van der Waals surface area contributed by atoms with E-state index in [0.29, 0.717) is 23.6 Å². The van der Waals surface area contributed by atoms with Gasteiger partial charge in [-0.25, -0.2) is 0 Å². The number of nitrogen functional groups attached to an aromatic ring is 1. The lowest BCUT2D eigenvalue weighted by atomic mass is 10.0. The van der Waals surface area contributed by atoms with Crippen LogP contribution in [0.5, 0.6) is 0 Å². The molecule has 0 spiro atoms. The van der Waals surface area contributed by atoms with Crippen molar-refractivity contribution >= 4 is 56.2 Å². The minimum atomic E-state index is 0.0277. The molecule has 4 nitrogen and oxygen atoms in total. The second-order valence-corrected chi connectivity index (χ2v) is 6.22. The van der Waals surface area contributed by atoms with Gasteiger partial charge in [0.05, 0.1) is 22.1 Å². The number of anilines is 4. The van der Waals surface area contributed by atoms with E-state index < -0.39 is 0 Å². The predicted molar refractivity (Wildman–Crippen MR) is 90.2 cm³/mol. The van der Waals surface area contributed by atoms with Gasteiger partial charge in [-0.1, -0.05) is 27.5 Å². The van der Waals surface area contributed by atoms with Gasteiger partial charge >= 0.3 is 0 Å². The number of carbonyl (C=O) groups excluding carboxylic acids is 1. The maximum Gasteiger partial charge on any atom is 0.224 e. The summed E-state index contributed by atoms with van der Waals surface area (Å²) in [6.45, 7) is 0. The SMILES string of the molecule is Nc1cc2c(cc1Nc1ccc(Br)cc1Cl)NC(=O)CC2. The Morgan fingerprint density at radius 3 is 2.76 bits per heavy atom. The third-order valence-corrected chi connectivity index (χ3v) is 4.18. The summed E-state index contributed by atoms with van der Waals surface area (Å²) in [4.78, 5) is 11.5. The number of halogens is 2. The molecule has 0 radical (unpaired) electrons. The van der Waals surface area contributed by atoms with E-state index in [4.69, 9.17) is 17.3 Å². The number of rotatable bonds is 2. The summed E-state index contributed by atoms with van der Waals surface area (Å²) in [6, 6.07) is 9.30. The molecule has 0 atom stereocenters. The zero-order valence-electron chi connectivity index (χ0n) is 11.0. The van der Waals surface area contributed by atoms with Crippen molar-refractivity contribution in [1.29, 1.82) is 0 Å². The number of benzene rings is 2. The van der Waals surface area contributed by atoms with Gasteiger partial charge < -0.3 is 16.4 Å². The van der Waals surface area contributed by atoms with E-state index in [0.717, 1.165) is 27.1 Å². The van der Waals surface area contributed by atoms with Crippen molar-refractivity contribution in [2.24, 2.45) is 0 Å². The summed E-state index contributed by atoms with van der Waals surface area (Å²) in [5.41, 5.74) is 10.0. The standard InChI is InChI=1S/C15H13BrClN3O/c16-9-2-3-12(10(17)6-9)19-14-7-13-8(5-11(14)18)1-4-15(21)20-13/h2-3,5-7,19H,1,4,18H2,(H,20,21). The second kappa shape index (κ2) is 5.58. The Bertz CT molecular complexity index is 733. The molecule has 21 heavy (non-hydrogen) atoms. The molecule has 0 unspecified atom stereocenters. The highest BCUT2D eigenvalue weighted by molar-refractivity contribution is 9.10. The number of hydrogen-bond donors (Lipinski definition) is 3. The van der Waals surface area contributed by atoms with Crippen molar-refractivity contribution in [1.82, 2.24) is 0 Å². The van der Waals surface area contributed by atoms with Crippen LogP contribution in [-0.4, -0.2) is 5.91 Å². The van der Waals surface area contributed by atoms with Gasteiger partial charge in [-0.2, -0.15) is 0 Å². The van der Waals surface area contributed by atoms with Gasteiger partial charge in [-0.15, -0.1) is 0 Å². The first-order valence-electron chi connectivity index (χ1n) is 6.47. The number of nitrogens with two attached hydrogens (primary N) is 1. The molecule has 2 aromatic rings. The Morgan fingerprint density at radius 1 is 1.19 bits per heavy atom. The lowest BCUT2D eigenvalue weighted by Crippen LogP contribution is -2.19. The van der Waals surface area contributed by atoms with Crippen LogP contribution in [0.15, 0.2) is 34.8 Å². The molecular formula is C15H13BrClN3O. The first-order valence-corrected chi connectivity index (χ1v) is 7.64. The van der Waals surface area contributed by atoms with Crippen LogP contribution in [-0.2, 0) is 11.2 Å². The number of carbonyl (C=O) groups is 1. The van der Waals surface area contributed by atoms with Crippen molar-refractivity contribution in [3.05, 3.63) is 45.4 Å². The van der Waals surface area contributed by atoms with Gasteiger partial charge in [0.25, 0.3) is 0 Å². The number of hydrogen-bond acceptors (Lipinski definition) is 3. The highest BCUT2D eigenvalue weighted by Gasteiger charge is 2.17. The number of amides is 1. The van der Waals surface area contributed by atoms with Crippen LogP contribution in [0.3, 0.4) is 0 Å². The second-order valence-electron chi connectivity index (χ2n) is 4.89. The van der Waals surface area contributed by atoms with Crippen molar-refractivity contribution in [3.63, 3.8) is 0 Å². The fourth-order valence-electron chi connectivity index (χ4n) is 2.29. The first kappa shape index (κ1) is 14.2. The van der Waals surface area contributed by atoms with Crippen LogP contribution in [0, 0.1) is 0 Å². The van der Waals surface area contributed by atoms with Gasteiger partial charge in [0.1, 0.15) is 0 Å². The third-order valence-electron chi connectivity index (χ3n) is 3.37. The molecule has 0 saturated carbocycles. The van der Waals surface area contributed by atoms with E-state index in [9.17, 15) is 4.79 Å². The Labute approximate surface area is 135 Å². The predicted octanol–water partition coefficient (Wildman–Crippen LogP) is 4.31. The molecule has 108 valence electrons. The Morgan fingerprint density at radius 2 is 2.00 bits per heavy atom. The maximum absolute atomic E-state index is 11.5. The smallest absolute Gasteiger partial charge is 0.224 e. The topological polar surface area (TPSA) is 67.2 Å². The minimum absolute atomic E-state index is 0.0277. The molecule has 0 fully saturated rings. The summed E-state index contributed by atoms with van der Waals surface area (Å²) in [5, 5.41) is 6.65. The molecule has 0 saturated heterocycles. The summed E-state index contributed by atoms with van der Waals surface area (Å²) >= 11 is 9.56. The van der Waals surface area contributed by atoms with E-state index in [1.165, 1.54) is 0 Å². The first-order chi connectivity index (χ1) is 10.0. The van der Waals surface area contributed by atoms with E-state index in [2.05, 4.69) is 26.6 Å². The van der Waals surface area contributed by atoms with Gasteiger partial charge in [-0.05, 0) is 42.3 Å². The fourth-order valence-corrected chi connectivity index (χ4v) is 3.01. The maximum atomic E-state index is 11.5. The van der Waals surface area contributed by atoms with Crippen LogP contribution < -0.4 is 16.4 Å². The van der Waals surface area contributed by atoms with Crippen LogP contribution in [0.2, 0.25) is 5.02 Å². The van der Waals surface area contributed by atoms with E-state index in [1.54, 1.807) is 6.07 Å². The zero-order chi connectivity index (χ0) is 15.0. The molecule has 0 aromatic heterocycles. The molecule has 1 aliphatic rings. The minimum Gasteiger partial charge on any atom is -0.397 e. The van der Waals surface area contributed by atoms with Crippen LogP contribution in [0.25, 0.3) is 0 Å². The summed E-state index contributed by atoms with van der Waals surface area (Å²) in [5.74, 6) is 0.0277. The molecular weight excluding hydrogens is 354 g/mol. The molecule has 3 rings (SSSR count). The summed E-state index contributed by atoms with van der Waals surface area (Å²) < 4.78 is 0.906. The normalized spacial score (nSPS) is 13.5. The molecule has 2 aromatic carbocycles. The highest BCUT2D eigenvalue weighted by Crippen LogP contribution is 2.35. The third kappa shape index (κ3) is 2.99. The van der Waals surface area contributed by atoms with Crippen molar-refractivity contribution < 1.29 is 4.79 Å². The molecule has 0 aliphatic carbocycles. The van der Waals surface area contributed by atoms with Gasteiger partial charge in [-0.3, -0.25) is 4.79 Å². The lowest BCUT2D eigenvalue weighted by Gasteiger charge is -2.20. The Kier molecular flexibility index (Phi) is 3.78. The quantitative estimate of drug-likeness (QED) is 0.694. The summed E-state index contributed by atoms with van der Waals surface area (Å²) in [7, 11) is 0. The molecule has 0 bridgehead atoms. The highest BCUT2D eigenvalue weighted by atomic mass is 79.9. The van der Waals surface area contributed by atoms with Crippen LogP contribution in [0.4, 0.5) is 22.7 Å². The van der Waals surface area contributed by atoms with Crippen LogP contribution in [0.1, 0.15) is 12.0 Å². The number of aryl methyl sites for hydroxylation is 1. The molecule has 1 amide bonds. The van der Waals surface area contributed by atoms with Crippen molar-refractivity contribution in [2.45, 2.75) is 12.8 Å². The molecule has 1 aliphatic heterocycles. The Balaban J connectivity index is 1.95. The van der Waals surface area contributed by atoms with Gasteiger partial charge in [0, 0.05) is 16.6 Å². The number of fused-ring (bicyclic) bond motifs is 1. The van der Waals surface area contributed by atoms with E-state index >= 15 is 0 Å². The van der Waals surface area contributed by atoms with E-state index in [-0.39, 0.29) is 5.91 Å². The Hall–Kier alpha value is -1.72. The molecule has 6 heteroatoms. The van der Waals surface area contributed by atoms with Gasteiger partial charge in [0.15, 0.2) is 0 Å². The average Bonchev–Trinajstić information content (AvgIpc) is 2.43. The molecule has 1 heterocycles. The largest absolute Gasteiger partial charge is 0.397 e.